The summed E-state index contributed by atoms with van der Waals surface area (Å²) in [7, 11) is 1.98. The van der Waals surface area contributed by atoms with Crippen LogP contribution in [0, 0.1) is 0 Å². The lowest BCUT2D eigenvalue weighted by molar-refractivity contribution is 0.0345. The highest BCUT2D eigenvalue weighted by Crippen LogP contribution is 2.26. The van der Waals surface area contributed by atoms with Crippen LogP contribution in [0.4, 0.5) is 5.69 Å². The number of piperazine rings is 1. The smallest absolute Gasteiger partial charge is 0.0718 e. The molecule has 1 aromatic carbocycles. The number of nitrogens with one attached hydrogen (secondary N) is 1. The molecule has 0 aromatic heterocycles. The summed E-state index contributed by atoms with van der Waals surface area (Å²) in [5, 5.41) is 13.2. The first kappa shape index (κ1) is 16.7. The predicted octanol–water partition coefficient (Wildman–Crippen LogP) is 2.06. The molecule has 1 heterocycles. The number of hydrogen-bond acceptors (Lipinski definition) is 4. The average molecular weight is 356 g/mol. The molecule has 0 bridgehead atoms. The number of β-amino-alcohol motifs (C(OH)–C–C–N with tert-alkyl or cyclic N) is 1. The Kier molecular flexibility index (Phi) is 5.66. The fraction of sp³-hybridized carbons (Fsp3) is 0.625. The Morgan fingerprint density at radius 2 is 1.90 bits per heavy atom. The van der Waals surface area contributed by atoms with Gasteiger partial charge in [0.05, 0.1) is 5.60 Å². The molecule has 1 aromatic rings. The second-order valence-electron chi connectivity index (χ2n) is 6.38. The number of nitrogens with zero attached hydrogens (tertiary/aromatic N) is 2. The Morgan fingerprint density at radius 3 is 2.48 bits per heavy atom. The fourth-order valence-electron chi connectivity index (χ4n) is 2.89. The highest BCUT2D eigenvalue weighted by atomic mass is 79.9. The Balaban J connectivity index is 2.02. The van der Waals surface area contributed by atoms with E-state index < -0.39 is 5.60 Å². The zero-order chi connectivity index (χ0) is 15.5. The van der Waals surface area contributed by atoms with Crippen LogP contribution in [-0.2, 0) is 6.54 Å². The summed E-state index contributed by atoms with van der Waals surface area (Å²) in [6.45, 7) is 9.38. The molecular weight excluding hydrogens is 330 g/mol. The van der Waals surface area contributed by atoms with Crippen molar-refractivity contribution >= 4 is 21.6 Å². The van der Waals surface area contributed by atoms with Crippen molar-refractivity contribution in [2.24, 2.45) is 0 Å². The first-order valence-corrected chi connectivity index (χ1v) is 8.31. The van der Waals surface area contributed by atoms with Crippen LogP contribution in [0.15, 0.2) is 22.7 Å². The second-order valence-corrected chi connectivity index (χ2v) is 7.29. The Labute approximate surface area is 136 Å². The number of halogens is 1. The monoisotopic (exact) mass is 355 g/mol. The maximum absolute atomic E-state index is 9.93. The van der Waals surface area contributed by atoms with Crippen LogP contribution in [0.1, 0.15) is 19.4 Å². The van der Waals surface area contributed by atoms with Gasteiger partial charge in [-0.3, -0.25) is 4.90 Å². The van der Waals surface area contributed by atoms with Gasteiger partial charge in [0.15, 0.2) is 0 Å². The van der Waals surface area contributed by atoms with Gasteiger partial charge in [-0.25, -0.2) is 0 Å². The molecule has 1 aliphatic rings. The van der Waals surface area contributed by atoms with Gasteiger partial charge in [0.2, 0.25) is 0 Å². The molecule has 2 N–H and O–H groups in total. The van der Waals surface area contributed by atoms with E-state index in [9.17, 15) is 5.11 Å². The zero-order valence-electron chi connectivity index (χ0n) is 13.2. The standard InChI is InChI=1S/C16H26BrN3O/c1-16(2,21)12-19-6-8-20(9-7-19)15-5-4-14(17)10-13(15)11-18-3/h4-5,10,18,21H,6-9,11-12H2,1-3H3. The quantitative estimate of drug-likeness (QED) is 0.847. The van der Waals surface area contributed by atoms with Crippen LogP contribution in [0.3, 0.4) is 0 Å². The number of hydrogen-bond donors (Lipinski definition) is 2. The van der Waals surface area contributed by atoms with Crippen LogP contribution < -0.4 is 10.2 Å². The molecule has 118 valence electrons. The Morgan fingerprint density at radius 1 is 1.24 bits per heavy atom. The van der Waals surface area contributed by atoms with Crippen LogP contribution in [0.5, 0.6) is 0 Å². The van der Waals surface area contributed by atoms with Crippen molar-refractivity contribution in [1.82, 2.24) is 10.2 Å². The zero-order valence-corrected chi connectivity index (χ0v) is 14.8. The molecule has 1 fully saturated rings. The number of anilines is 1. The number of rotatable bonds is 5. The maximum Gasteiger partial charge on any atom is 0.0718 e. The molecule has 0 saturated carbocycles. The molecule has 1 aliphatic heterocycles. The van der Waals surface area contributed by atoms with E-state index in [1.54, 1.807) is 0 Å². The van der Waals surface area contributed by atoms with Gasteiger partial charge >= 0.3 is 0 Å². The van der Waals surface area contributed by atoms with Crippen LogP contribution in [-0.4, -0.2) is 55.4 Å². The molecular formula is C16H26BrN3O. The maximum atomic E-state index is 9.93. The van der Waals surface area contributed by atoms with E-state index in [1.165, 1.54) is 11.3 Å². The lowest BCUT2D eigenvalue weighted by atomic mass is 10.1. The van der Waals surface area contributed by atoms with Crippen molar-refractivity contribution in [2.75, 3.05) is 44.7 Å². The van der Waals surface area contributed by atoms with Gasteiger partial charge in [-0.1, -0.05) is 15.9 Å². The topological polar surface area (TPSA) is 38.7 Å². The van der Waals surface area contributed by atoms with E-state index in [-0.39, 0.29) is 0 Å². The second kappa shape index (κ2) is 7.09. The Hall–Kier alpha value is -0.620. The molecule has 0 aliphatic carbocycles. The molecule has 0 atom stereocenters. The lowest BCUT2D eigenvalue weighted by Crippen LogP contribution is -2.50. The van der Waals surface area contributed by atoms with Gasteiger partial charge in [-0.05, 0) is 44.7 Å². The van der Waals surface area contributed by atoms with Crippen LogP contribution >= 0.6 is 15.9 Å². The Bertz CT molecular complexity index is 465. The minimum atomic E-state index is -0.614. The normalized spacial score (nSPS) is 17.3. The summed E-state index contributed by atoms with van der Waals surface area (Å²) >= 11 is 3.55. The summed E-state index contributed by atoms with van der Waals surface area (Å²) in [5.41, 5.74) is 2.02. The molecule has 21 heavy (non-hydrogen) atoms. The van der Waals surface area contributed by atoms with E-state index >= 15 is 0 Å². The van der Waals surface area contributed by atoms with E-state index in [0.29, 0.717) is 0 Å². The molecule has 4 nitrogen and oxygen atoms in total. The highest BCUT2D eigenvalue weighted by Gasteiger charge is 2.23. The third kappa shape index (κ3) is 4.95. The summed E-state index contributed by atoms with van der Waals surface area (Å²) in [5.74, 6) is 0. The van der Waals surface area contributed by atoms with Crippen LogP contribution in [0.2, 0.25) is 0 Å². The fourth-order valence-corrected chi connectivity index (χ4v) is 3.30. The first-order valence-electron chi connectivity index (χ1n) is 7.52. The summed E-state index contributed by atoms with van der Waals surface area (Å²) in [6.07, 6.45) is 0. The largest absolute Gasteiger partial charge is 0.389 e. The van der Waals surface area contributed by atoms with Gasteiger partial charge in [0.25, 0.3) is 0 Å². The third-order valence-corrected chi connectivity index (χ3v) is 4.23. The molecule has 0 unspecified atom stereocenters. The first-order chi connectivity index (χ1) is 9.89. The lowest BCUT2D eigenvalue weighted by Gasteiger charge is -2.39. The predicted molar refractivity (Wildman–Crippen MR) is 91.9 cm³/mol. The van der Waals surface area contributed by atoms with Crippen molar-refractivity contribution in [3.63, 3.8) is 0 Å². The van der Waals surface area contributed by atoms with Gasteiger partial charge in [-0.15, -0.1) is 0 Å². The van der Waals surface area contributed by atoms with Crippen molar-refractivity contribution in [3.05, 3.63) is 28.2 Å². The van der Waals surface area contributed by atoms with Gasteiger partial charge in [-0.2, -0.15) is 0 Å². The van der Waals surface area contributed by atoms with Crippen molar-refractivity contribution in [1.29, 1.82) is 0 Å². The van der Waals surface area contributed by atoms with E-state index in [1.807, 2.05) is 20.9 Å². The average Bonchev–Trinajstić information content (AvgIpc) is 2.39. The third-order valence-electron chi connectivity index (χ3n) is 3.73. The molecule has 0 amide bonds. The van der Waals surface area contributed by atoms with Gasteiger partial charge in [0.1, 0.15) is 0 Å². The minimum Gasteiger partial charge on any atom is -0.389 e. The SMILES string of the molecule is CNCc1cc(Br)ccc1N1CCN(CC(C)(C)O)CC1. The molecule has 2 rings (SSSR count). The van der Waals surface area contributed by atoms with Gasteiger partial charge < -0.3 is 15.3 Å². The van der Waals surface area contributed by atoms with E-state index in [2.05, 4.69) is 49.2 Å². The van der Waals surface area contributed by atoms with E-state index in [0.717, 1.165) is 43.7 Å². The number of benzene rings is 1. The molecule has 0 spiro atoms. The highest BCUT2D eigenvalue weighted by molar-refractivity contribution is 9.10. The summed E-state index contributed by atoms with van der Waals surface area (Å²) < 4.78 is 1.12. The van der Waals surface area contributed by atoms with Gasteiger partial charge in [0, 0.05) is 49.4 Å². The van der Waals surface area contributed by atoms with Crippen molar-refractivity contribution < 1.29 is 5.11 Å². The number of aliphatic hydroxyl groups is 1. The van der Waals surface area contributed by atoms with Crippen molar-refractivity contribution in [2.45, 2.75) is 26.0 Å². The summed E-state index contributed by atoms with van der Waals surface area (Å²) in [6, 6.07) is 6.50. The van der Waals surface area contributed by atoms with Crippen molar-refractivity contribution in [3.8, 4) is 0 Å². The van der Waals surface area contributed by atoms with Crippen LogP contribution in [0.25, 0.3) is 0 Å². The molecule has 0 radical (unpaired) electrons. The minimum absolute atomic E-state index is 0.614. The molecule has 1 saturated heterocycles. The summed E-state index contributed by atoms with van der Waals surface area (Å²) in [4.78, 5) is 4.78. The molecule has 5 heteroatoms. The van der Waals surface area contributed by atoms with E-state index in [4.69, 9.17) is 0 Å².